The lowest BCUT2D eigenvalue weighted by Gasteiger charge is -2.23. The van der Waals surface area contributed by atoms with Crippen LogP contribution in [0.15, 0.2) is 30.3 Å². The van der Waals surface area contributed by atoms with E-state index in [1.54, 1.807) is 18.2 Å². The van der Waals surface area contributed by atoms with E-state index < -0.39 is 12.5 Å². The van der Waals surface area contributed by atoms with E-state index in [0.29, 0.717) is 6.54 Å². The van der Waals surface area contributed by atoms with Gasteiger partial charge in [-0.2, -0.15) is 8.78 Å². The third-order valence-corrected chi connectivity index (χ3v) is 3.57. The molecule has 0 bridgehead atoms. The van der Waals surface area contributed by atoms with Gasteiger partial charge in [0.1, 0.15) is 6.61 Å². The van der Waals surface area contributed by atoms with Crippen molar-refractivity contribution in [2.45, 2.75) is 31.3 Å². The molecule has 2 rings (SSSR count). The van der Waals surface area contributed by atoms with Crippen LogP contribution in [0.3, 0.4) is 0 Å². The average Bonchev–Trinajstić information content (AvgIpc) is 2.85. The van der Waals surface area contributed by atoms with Gasteiger partial charge in [-0.25, -0.2) is 0 Å². The summed E-state index contributed by atoms with van der Waals surface area (Å²) in [6.45, 7) is -0.0419. The van der Waals surface area contributed by atoms with Gasteiger partial charge in [0.2, 0.25) is 0 Å². The first-order chi connectivity index (χ1) is 8.63. The fourth-order valence-electron chi connectivity index (χ4n) is 2.47. The number of nitrogens with two attached hydrogens (primary N) is 1. The van der Waals surface area contributed by atoms with E-state index in [1.807, 2.05) is 0 Å². The number of hydrogen-bond acceptors (Lipinski definition) is 2. The van der Waals surface area contributed by atoms with Crippen molar-refractivity contribution in [3.63, 3.8) is 0 Å². The molecule has 18 heavy (non-hydrogen) atoms. The Balaban J connectivity index is 1.93. The van der Waals surface area contributed by atoms with Crippen molar-refractivity contribution in [3.8, 4) is 0 Å². The number of benzene rings is 1. The minimum Gasteiger partial charge on any atom is -0.371 e. The number of hydrogen-bond donors (Lipinski definition) is 1. The molecule has 1 saturated carbocycles. The average molecular weight is 255 g/mol. The topological polar surface area (TPSA) is 35.2 Å². The predicted molar refractivity (Wildman–Crippen MR) is 66.5 cm³/mol. The van der Waals surface area contributed by atoms with Gasteiger partial charge in [0, 0.05) is 5.56 Å². The van der Waals surface area contributed by atoms with Gasteiger partial charge in [-0.3, -0.25) is 0 Å². The van der Waals surface area contributed by atoms with Crippen molar-refractivity contribution >= 4 is 0 Å². The van der Waals surface area contributed by atoms with Crippen molar-refractivity contribution in [2.24, 2.45) is 11.7 Å². The van der Waals surface area contributed by atoms with E-state index in [1.165, 1.54) is 12.1 Å². The van der Waals surface area contributed by atoms with Crippen molar-refractivity contribution in [3.05, 3.63) is 35.9 Å². The number of ether oxygens (including phenoxy) is 1. The Morgan fingerprint density at radius 3 is 2.61 bits per heavy atom. The number of alkyl halides is 2. The molecule has 0 aromatic heterocycles. The van der Waals surface area contributed by atoms with Gasteiger partial charge in [0.25, 0.3) is 5.92 Å². The second-order valence-corrected chi connectivity index (χ2v) is 4.85. The summed E-state index contributed by atoms with van der Waals surface area (Å²) in [6, 6.07) is 7.81. The lowest BCUT2D eigenvalue weighted by atomic mass is 10.1. The van der Waals surface area contributed by atoms with Crippen LogP contribution in [0.4, 0.5) is 8.78 Å². The summed E-state index contributed by atoms with van der Waals surface area (Å²) in [5.74, 6) is -2.69. The van der Waals surface area contributed by atoms with Crippen LogP contribution in [0.2, 0.25) is 0 Å². The van der Waals surface area contributed by atoms with Gasteiger partial charge in [-0.15, -0.1) is 0 Å². The lowest BCUT2D eigenvalue weighted by molar-refractivity contribution is -0.111. The molecule has 1 fully saturated rings. The molecule has 1 aromatic carbocycles. The minimum absolute atomic E-state index is 0.00676. The largest absolute Gasteiger partial charge is 0.371 e. The van der Waals surface area contributed by atoms with E-state index in [-0.39, 0.29) is 17.6 Å². The highest BCUT2D eigenvalue weighted by molar-refractivity contribution is 5.19. The SMILES string of the molecule is NCC1CCCC1OCC(F)(F)c1ccccc1. The Morgan fingerprint density at radius 2 is 1.94 bits per heavy atom. The Bertz CT molecular complexity index is 369. The van der Waals surface area contributed by atoms with Gasteiger partial charge >= 0.3 is 0 Å². The van der Waals surface area contributed by atoms with Gasteiger partial charge < -0.3 is 10.5 Å². The van der Waals surface area contributed by atoms with Crippen LogP contribution in [-0.4, -0.2) is 19.3 Å². The molecule has 100 valence electrons. The Kier molecular flexibility index (Phi) is 4.30. The van der Waals surface area contributed by atoms with Crippen LogP contribution < -0.4 is 5.73 Å². The van der Waals surface area contributed by atoms with Crippen LogP contribution in [0.1, 0.15) is 24.8 Å². The molecule has 0 spiro atoms. The Morgan fingerprint density at radius 1 is 1.22 bits per heavy atom. The molecule has 1 aliphatic rings. The van der Waals surface area contributed by atoms with E-state index in [4.69, 9.17) is 10.5 Å². The molecule has 0 aliphatic heterocycles. The first-order valence-electron chi connectivity index (χ1n) is 6.38. The van der Waals surface area contributed by atoms with Crippen LogP contribution in [-0.2, 0) is 10.7 Å². The molecule has 0 radical (unpaired) electrons. The summed E-state index contributed by atoms with van der Waals surface area (Å²) >= 11 is 0. The maximum Gasteiger partial charge on any atom is 0.296 e. The molecule has 2 atom stereocenters. The van der Waals surface area contributed by atoms with E-state index in [9.17, 15) is 8.78 Å². The van der Waals surface area contributed by atoms with Gasteiger partial charge in [0.05, 0.1) is 6.10 Å². The maximum atomic E-state index is 13.9. The monoisotopic (exact) mass is 255 g/mol. The number of rotatable bonds is 5. The maximum absolute atomic E-state index is 13.9. The summed E-state index contributed by atoms with van der Waals surface area (Å²) in [4.78, 5) is 0. The van der Waals surface area contributed by atoms with Crippen molar-refractivity contribution < 1.29 is 13.5 Å². The number of halogens is 2. The highest BCUT2D eigenvalue weighted by Crippen LogP contribution is 2.32. The molecular formula is C14H19F2NO. The molecule has 4 heteroatoms. The second kappa shape index (κ2) is 5.76. The Labute approximate surface area is 106 Å². The van der Waals surface area contributed by atoms with Crippen molar-refractivity contribution in [1.29, 1.82) is 0 Å². The van der Waals surface area contributed by atoms with E-state index in [0.717, 1.165) is 19.3 Å². The first kappa shape index (κ1) is 13.4. The van der Waals surface area contributed by atoms with Crippen LogP contribution in [0.25, 0.3) is 0 Å². The quantitative estimate of drug-likeness (QED) is 0.878. The zero-order chi connectivity index (χ0) is 13.0. The van der Waals surface area contributed by atoms with Crippen molar-refractivity contribution in [1.82, 2.24) is 0 Å². The van der Waals surface area contributed by atoms with Crippen LogP contribution in [0, 0.1) is 5.92 Å². The first-order valence-corrected chi connectivity index (χ1v) is 6.38. The molecule has 2 N–H and O–H groups in total. The lowest BCUT2D eigenvalue weighted by Crippen LogP contribution is -2.30. The summed E-state index contributed by atoms with van der Waals surface area (Å²) < 4.78 is 33.2. The highest BCUT2D eigenvalue weighted by atomic mass is 19.3. The summed E-state index contributed by atoms with van der Waals surface area (Å²) in [5, 5.41) is 0. The molecular weight excluding hydrogens is 236 g/mol. The Hall–Kier alpha value is -1.00. The third kappa shape index (κ3) is 3.06. The molecule has 2 unspecified atom stereocenters. The molecule has 1 aliphatic carbocycles. The molecule has 2 nitrogen and oxygen atoms in total. The second-order valence-electron chi connectivity index (χ2n) is 4.85. The predicted octanol–water partition coefficient (Wildman–Crippen LogP) is 2.92. The van der Waals surface area contributed by atoms with Gasteiger partial charge in [-0.1, -0.05) is 36.8 Å². The van der Waals surface area contributed by atoms with E-state index in [2.05, 4.69) is 0 Å². The fourth-order valence-corrected chi connectivity index (χ4v) is 2.47. The summed E-state index contributed by atoms with van der Waals surface area (Å²) in [7, 11) is 0. The van der Waals surface area contributed by atoms with Crippen LogP contribution >= 0.6 is 0 Å². The van der Waals surface area contributed by atoms with Gasteiger partial charge in [0.15, 0.2) is 0 Å². The fraction of sp³-hybridized carbons (Fsp3) is 0.571. The zero-order valence-corrected chi connectivity index (χ0v) is 10.3. The van der Waals surface area contributed by atoms with Gasteiger partial charge in [-0.05, 0) is 25.3 Å². The van der Waals surface area contributed by atoms with Crippen molar-refractivity contribution in [2.75, 3.05) is 13.2 Å². The third-order valence-electron chi connectivity index (χ3n) is 3.57. The molecule has 0 saturated heterocycles. The molecule has 1 aromatic rings. The smallest absolute Gasteiger partial charge is 0.296 e. The summed E-state index contributed by atoms with van der Waals surface area (Å²) in [5.41, 5.74) is 5.61. The highest BCUT2D eigenvalue weighted by Gasteiger charge is 2.35. The van der Waals surface area contributed by atoms with E-state index >= 15 is 0 Å². The molecule has 0 amide bonds. The summed E-state index contributed by atoms with van der Waals surface area (Å²) in [6.07, 6.45) is 2.73. The molecule has 0 heterocycles. The minimum atomic E-state index is -2.93. The standard InChI is InChI=1S/C14H19F2NO/c15-14(16,12-6-2-1-3-7-12)10-18-13-8-4-5-11(13)9-17/h1-3,6-7,11,13H,4-5,8-10,17H2. The van der Waals surface area contributed by atoms with Crippen LogP contribution in [0.5, 0.6) is 0 Å². The zero-order valence-electron chi connectivity index (χ0n) is 10.3. The normalized spacial score (nSPS) is 24.4.